The van der Waals surface area contributed by atoms with Crippen molar-refractivity contribution >= 4 is 33.7 Å². The Morgan fingerprint density at radius 1 is 1.19 bits per heavy atom. The number of carbonyl (C=O) groups excluding carboxylic acids is 3. The first kappa shape index (κ1) is 17.9. The van der Waals surface area contributed by atoms with Crippen LogP contribution in [0.5, 0.6) is 0 Å². The van der Waals surface area contributed by atoms with Crippen molar-refractivity contribution in [1.29, 1.82) is 0 Å². The third-order valence-corrected chi connectivity index (χ3v) is 4.63. The number of carbonyl (C=O) groups is 3. The lowest BCUT2D eigenvalue weighted by atomic mass is 10.1. The quantitative estimate of drug-likeness (QED) is 0.327. The highest BCUT2D eigenvalue weighted by molar-refractivity contribution is 9.09. The van der Waals surface area contributed by atoms with Crippen molar-refractivity contribution in [2.24, 2.45) is 0 Å². The predicted molar refractivity (Wildman–Crippen MR) is 97.4 cm³/mol. The minimum Gasteiger partial charge on any atom is -0.444 e. The van der Waals surface area contributed by atoms with Gasteiger partial charge in [-0.3, -0.25) is 14.5 Å². The molecule has 0 radical (unpaired) electrons. The molecule has 0 fully saturated rings. The number of halogens is 1. The van der Waals surface area contributed by atoms with Crippen LogP contribution in [0, 0.1) is 12.1 Å². The summed E-state index contributed by atoms with van der Waals surface area (Å²) in [5, 5.41) is -0.715. The van der Waals surface area contributed by atoms with Crippen LogP contribution in [0.4, 0.5) is 0 Å². The third-order valence-electron chi connectivity index (χ3n) is 3.91. The molecular weight excluding hydrogens is 398 g/mol. The van der Waals surface area contributed by atoms with Gasteiger partial charge in [-0.2, -0.15) is 0 Å². The maximum Gasteiger partial charge on any atom is 0.335 e. The summed E-state index contributed by atoms with van der Waals surface area (Å²) in [4.78, 5) is 38.8. The van der Waals surface area contributed by atoms with Crippen LogP contribution in [0.2, 0.25) is 0 Å². The van der Waals surface area contributed by atoms with Gasteiger partial charge in [0.1, 0.15) is 5.56 Å². The average molecular weight is 412 g/mol. The Hall–Kier alpha value is -2.91. The van der Waals surface area contributed by atoms with E-state index >= 15 is 0 Å². The van der Waals surface area contributed by atoms with Gasteiger partial charge in [0.25, 0.3) is 11.8 Å². The summed E-state index contributed by atoms with van der Waals surface area (Å²) in [6.07, 6.45) is 0. The Morgan fingerprint density at radius 2 is 1.88 bits per heavy atom. The van der Waals surface area contributed by atoms with Crippen molar-refractivity contribution in [3.8, 4) is 0 Å². The van der Waals surface area contributed by atoms with E-state index in [2.05, 4.69) is 34.6 Å². The molecule has 5 nitrogen and oxygen atoms in total. The number of hydrogen-bond acceptors (Lipinski definition) is 4. The number of benzene rings is 1. The van der Waals surface area contributed by atoms with Gasteiger partial charge in [0.2, 0.25) is 0 Å². The van der Waals surface area contributed by atoms with E-state index in [1.165, 1.54) is 12.1 Å². The molecule has 1 aliphatic heterocycles. The standard InChI is InChI=1S/C20H14BrNO4/c1-12(2)16(20(25)26-17(21)13-8-4-3-5-9-13)22-18(23)14-10-6-7-11-15(14)19(22)24/h3-6,8-10,16-17H,1H2,2H3/t16-,17?/m1/s1. The molecular formula is C20H14BrNO4. The lowest BCUT2D eigenvalue weighted by Gasteiger charge is -2.26. The fraction of sp³-hybridized carbons (Fsp3) is 0.150. The summed E-state index contributed by atoms with van der Waals surface area (Å²) in [7, 11) is 0. The smallest absolute Gasteiger partial charge is 0.335 e. The summed E-state index contributed by atoms with van der Waals surface area (Å²) in [5.41, 5.74) is 1.33. The van der Waals surface area contributed by atoms with E-state index in [1.54, 1.807) is 19.1 Å². The lowest BCUT2D eigenvalue weighted by molar-refractivity contribution is -0.148. The molecule has 0 aliphatic carbocycles. The van der Waals surface area contributed by atoms with Crippen LogP contribution in [0.25, 0.3) is 0 Å². The van der Waals surface area contributed by atoms with Crippen molar-refractivity contribution in [2.45, 2.75) is 18.0 Å². The molecule has 130 valence electrons. The second-order valence-corrected chi connectivity index (χ2v) is 6.62. The number of hydrogen-bond donors (Lipinski definition) is 0. The van der Waals surface area contributed by atoms with Crippen LogP contribution in [0.15, 0.2) is 54.6 Å². The van der Waals surface area contributed by atoms with Gasteiger partial charge < -0.3 is 4.74 Å². The first-order valence-electron chi connectivity index (χ1n) is 7.77. The molecule has 6 heteroatoms. The maximum atomic E-state index is 12.7. The SMILES string of the molecule is C=C(C)[C@H](C(=O)OC(Br)c1ccccc1)N1C(=O)c2c#cccc2C1=O. The molecule has 1 aliphatic rings. The number of nitrogens with zero attached hydrogens (tertiary/aromatic N) is 1. The van der Waals surface area contributed by atoms with Gasteiger partial charge in [-0.25, -0.2) is 4.79 Å². The van der Waals surface area contributed by atoms with Crippen molar-refractivity contribution in [1.82, 2.24) is 4.90 Å². The number of rotatable bonds is 5. The minimum atomic E-state index is -1.22. The van der Waals surface area contributed by atoms with E-state index in [0.29, 0.717) is 5.57 Å². The number of fused-ring (bicyclic) bond motifs is 1. The Bertz CT molecular complexity index is 859. The Morgan fingerprint density at radius 3 is 2.50 bits per heavy atom. The van der Waals surface area contributed by atoms with E-state index < -0.39 is 28.8 Å². The van der Waals surface area contributed by atoms with Crippen LogP contribution in [-0.4, -0.2) is 28.7 Å². The van der Waals surface area contributed by atoms with Crippen LogP contribution >= 0.6 is 15.9 Å². The number of amides is 2. The zero-order valence-electron chi connectivity index (χ0n) is 13.9. The minimum absolute atomic E-state index is 0.0926. The summed E-state index contributed by atoms with van der Waals surface area (Å²) in [6, 6.07) is 16.1. The summed E-state index contributed by atoms with van der Waals surface area (Å²) >= 11 is 3.30. The fourth-order valence-electron chi connectivity index (χ4n) is 2.68. The zero-order valence-corrected chi connectivity index (χ0v) is 15.4. The largest absolute Gasteiger partial charge is 0.444 e. The van der Waals surface area contributed by atoms with E-state index in [4.69, 9.17) is 4.74 Å². The van der Waals surface area contributed by atoms with E-state index in [1.807, 2.05) is 18.2 Å². The molecule has 3 rings (SSSR count). The number of imide groups is 1. The van der Waals surface area contributed by atoms with Crippen LogP contribution in [0.3, 0.4) is 0 Å². The molecule has 2 aromatic rings. The Labute approximate surface area is 159 Å². The molecule has 0 saturated heterocycles. The molecule has 0 spiro atoms. The molecule has 26 heavy (non-hydrogen) atoms. The van der Waals surface area contributed by atoms with Crippen LogP contribution in [0.1, 0.15) is 38.2 Å². The van der Waals surface area contributed by atoms with Gasteiger partial charge in [-0.05, 0) is 40.6 Å². The molecule has 2 amide bonds. The summed E-state index contributed by atoms with van der Waals surface area (Å²) in [5.74, 6) is -1.94. The molecule has 2 aromatic carbocycles. The van der Waals surface area contributed by atoms with E-state index in [-0.39, 0.29) is 11.1 Å². The van der Waals surface area contributed by atoms with E-state index in [0.717, 1.165) is 10.5 Å². The third kappa shape index (κ3) is 3.14. The van der Waals surface area contributed by atoms with Crippen molar-refractivity contribution in [3.05, 3.63) is 83.4 Å². The van der Waals surface area contributed by atoms with Gasteiger partial charge in [0, 0.05) is 5.56 Å². The molecule has 2 atom stereocenters. The summed E-state index contributed by atoms with van der Waals surface area (Å²) in [6.45, 7) is 5.32. The average Bonchev–Trinajstić information content (AvgIpc) is 2.88. The van der Waals surface area contributed by atoms with Gasteiger partial charge in [-0.1, -0.05) is 49.0 Å². The number of ether oxygens (including phenoxy) is 1. The van der Waals surface area contributed by atoms with Gasteiger partial charge in [0.05, 0.1) is 5.56 Å². The molecule has 0 bridgehead atoms. The van der Waals surface area contributed by atoms with Crippen molar-refractivity contribution in [2.75, 3.05) is 0 Å². The van der Waals surface area contributed by atoms with Gasteiger partial charge >= 0.3 is 5.97 Å². The normalized spacial score (nSPS) is 15.1. The molecule has 0 aromatic heterocycles. The highest BCUT2D eigenvalue weighted by atomic mass is 79.9. The molecule has 1 unspecified atom stereocenters. The summed E-state index contributed by atoms with van der Waals surface area (Å²) < 4.78 is 5.42. The Balaban J connectivity index is 1.86. The van der Waals surface area contributed by atoms with E-state index in [9.17, 15) is 14.4 Å². The maximum absolute atomic E-state index is 12.7. The second kappa shape index (κ2) is 7.14. The highest BCUT2D eigenvalue weighted by Crippen LogP contribution is 2.29. The molecule has 0 N–H and O–H groups in total. The van der Waals surface area contributed by atoms with Crippen LogP contribution in [-0.2, 0) is 9.53 Å². The molecule has 0 saturated carbocycles. The predicted octanol–water partition coefficient (Wildman–Crippen LogP) is 3.46. The first-order valence-corrected chi connectivity index (χ1v) is 8.68. The topological polar surface area (TPSA) is 63.7 Å². The zero-order chi connectivity index (χ0) is 18.8. The monoisotopic (exact) mass is 411 g/mol. The number of alkyl halides is 1. The van der Waals surface area contributed by atoms with Gasteiger partial charge in [-0.15, -0.1) is 0 Å². The van der Waals surface area contributed by atoms with Crippen molar-refractivity contribution in [3.63, 3.8) is 0 Å². The van der Waals surface area contributed by atoms with Gasteiger partial charge in [0.15, 0.2) is 11.1 Å². The number of esters is 1. The molecule has 1 heterocycles. The highest BCUT2D eigenvalue weighted by Gasteiger charge is 2.44. The lowest BCUT2D eigenvalue weighted by Crippen LogP contribution is -2.46. The van der Waals surface area contributed by atoms with Crippen molar-refractivity contribution < 1.29 is 19.1 Å². The Kier molecular flexibility index (Phi) is 4.92. The fourth-order valence-corrected chi connectivity index (χ4v) is 3.17. The first-order chi connectivity index (χ1) is 12.4. The second-order valence-electron chi connectivity index (χ2n) is 5.78. The van der Waals surface area contributed by atoms with Crippen LogP contribution < -0.4 is 0 Å².